The van der Waals surface area contributed by atoms with Gasteiger partial charge in [-0.2, -0.15) is 10.2 Å². The Hall–Kier alpha value is -2.52. The van der Waals surface area contributed by atoms with Gasteiger partial charge < -0.3 is 11.5 Å². The average Bonchev–Trinajstić information content (AvgIpc) is 2.47. The summed E-state index contributed by atoms with van der Waals surface area (Å²) in [6.07, 6.45) is 3.54. The Morgan fingerprint density at radius 3 is 2.15 bits per heavy atom. The summed E-state index contributed by atoms with van der Waals surface area (Å²) in [5.41, 5.74) is 10.1. The van der Waals surface area contributed by atoms with E-state index in [0.29, 0.717) is 31.2 Å². The Morgan fingerprint density at radius 2 is 1.55 bits per heavy atom. The van der Waals surface area contributed by atoms with Gasteiger partial charge in [0.25, 0.3) is 0 Å². The van der Waals surface area contributed by atoms with Crippen molar-refractivity contribution >= 4 is 24.3 Å². The van der Waals surface area contributed by atoms with E-state index in [4.69, 9.17) is 11.5 Å². The lowest BCUT2D eigenvalue weighted by molar-refractivity contribution is 0.790. The van der Waals surface area contributed by atoms with E-state index in [-0.39, 0.29) is 0 Å². The Kier molecular flexibility index (Phi) is 11.3. The second kappa shape index (κ2) is 12.9. The van der Waals surface area contributed by atoms with Crippen molar-refractivity contribution in [3.63, 3.8) is 0 Å². The second-order valence-corrected chi connectivity index (χ2v) is 3.33. The van der Waals surface area contributed by atoms with Crippen LogP contribution in [0.15, 0.2) is 40.9 Å². The lowest BCUT2D eigenvalue weighted by Crippen LogP contribution is -1.93. The van der Waals surface area contributed by atoms with E-state index in [2.05, 4.69) is 40.9 Å². The molecular formula is C10H20N10. The molecule has 110 valence electrons. The first-order valence-electron chi connectivity index (χ1n) is 6.07. The fourth-order valence-electron chi connectivity index (χ4n) is 0.894. The quantitative estimate of drug-likeness (QED) is 0.237. The van der Waals surface area contributed by atoms with Crippen molar-refractivity contribution in [1.29, 1.82) is 0 Å². The molecule has 20 heavy (non-hydrogen) atoms. The highest BCUT2D eigenvalue weighted by molar-refractivity contribution is 5.82. The maximum atomic E-state index is 5.08. The third kappa shape index (κ3) is 10.6. The van der Waals surface area contributed by atoms with E-state index in [1.165, 1.54) is 0 Å². The van der Waals surface area contributed by atoms with Crippen LogP contribution < -0.4 is 11.5 Å². The van der Waals surface area contributed by atoms with Crippen LogP contribution in [0.1, 0.15) is 26.7 Å². The molecule has 0 amide bonds. The molecule has 0 radical (unpaired) electrons. The molecule has 0 aromatic heterocycles. The summed E-state index contributed by atoms with van der Waals surface area (Å²) >= 11 is 0. The number of rotatable bonds is 7. The van der Waals surface area contributed by atoms with Crippen LogP contribution in [0.3, 0.4) is 0 Å². The number of amidine groups is 2. The van der Waals surface area contributed by atoms with Crippen molar-refractivity contribution in [2.45, 2.75) is 26.7 Å². The molecule has 0 unspecified atom stereocenters. The molecule has 0 aliphatic carbocycles. The first-order valence-corrected chi connectivity index (χ1v) is 6.07. The molecule has 4 N–H and O–H groups in total. The molecule has 0 spiro atoms. The fraction of sp³-hybridized carbons (Fsp3) is 0.600. The first-order chi connectivity index (χ1) is 9.74. The van der Waals surface area contributed by atoms with Crippen LogP contribution >= 0.6 is 0 Å². The summed E-state index contributed by atoms with van der Waals surface area (Å²) < 4.78 is 0. The molecule has 0 saturated carbocycles. The lowest BCUT2D eigenvalue weighted by atomic mass is 10.4. The van der Waals surface area contributed by atoms with E-state index < -0.39 is 0 Å². The molecule has 0 heterocycles. The minimum atomic E-state index is 0.438. The normalized spacial score (nSPS) is 14.5. The van der Waals surface area contributed by atoms with Gasteiger partial charge >= 0.3 is 0 Å². The second-order valence-electron chi connectivity index (χ2n) is 3.33. The van der Waals surface area contributed by atoms with Crippen LogP contribution in [0.5, 0.6) is 0 Å². The van der Waals surface area contributed by atoms with Crippen LogP contribution in [-0.2, 0) is 0 Å². The average molecular weight is 280 g/mol. The smallest absolute Gasteiger partial charge is 0.172 e. The van der Waals surface area contributed by atoms with Gasteiger partial charge in [0.1, 0.15) is 12.7 Å². The largest absolute Gasteiger partial charge is 0.388 e. The Labute approximate surface area is 117 Å². The van der Waals surface area contributed by atoms with Gasteiger partial charge in [0.2, 0.25) is 0 Å². The maximum absolute atomic E-state index is 5.08. The van der Waals surface area contributed by atoms with E-state index in [0.717, 1.165) is 19.1 Å². The van der Waals surface area contributed by atoms with Crippen molar-refractivity contribution in [3.05, 3.63) is 0 Å². The van der Waals surface area contributed by atoms with E-state index in [1.807, 2.05) is 6.92 Å². The predicted molar refractivity (Wildman–Crippen MR) is 80.3 cm³/mol. The molecule has 0 atom stereocenters. The van der Waals surface area contributed by atoms with Crippen molar-refractivity contribution in [2.24, 2.45) is 52.3 Å². The third-order valence-electron chi connectivity index (χ3n) is 1.74. The Bertz CT molecular complexity index is 418. The summed E-state index contributed by atoms with van der Waals surface area (Å²) in [5, 5.41) is 30.1. The molecule has 0 aromatic rings. The SMILES string of the molecule is CCC(N=NCCCN=N/C(C)=N/N=CN)=NN=CN. The highest BCUT2D eigenvalue weighted by Crippen LogP contribution is 1.93. The molecule has 0 aliphatic rings. The first kappa shape index (κ1) is 17.5. The standard InChI is InChI=1S/C10H20N10/c1-3-10(20-16-8-12)19-14-6-4-5-13-17-9(2)18-15-7-11/h7-8H,3-6H2,1-2H3,(H2,11,15)(H2,12,16)/b17-13?,18-9+,19-14?,20-10?. The molecule has 10 nitrogen and oxygen atoms in total. The van der Waals surface area contributed by atoms with E-state index in [9.17, 15) is 0 Å². The molecule has 0 bridgehead atoms. The van der Waals surface area contributed by atoms with Crippen molar-refractivity contribution in [2.75, 3.05) is 13.1 Å². The fourth-order valence-corrected chi connectivity index (χ4v) is 0.894. The van der Waals surface area contributed by atoms with Gasteiger partial charge in [-0.25, -0.2) is 0 Å². The zero-order chi connectivity index (χ0) is 15.1. The van der Waals surface area contributed by atoms with Gasteiger partial charge in [-0.15, -0.1) is 30.6 Å². The minimum Gasteiger partial charge on any atom is -0.388 e. The van der Waals surface area contributed by atoms with Gasteiger partial charge in [0, 0.05) is 6.42 Å². The van der Waals surface area contributed by atoms with Gasteiger partial charge in [0.15, 0.2) is 11.7 Å². The van der Waals surface area contributed by atoms with Crippen molar-refractivity contribution < 1.29 is 0 Å². The zero-order valence-electron chi connectivity index (χ0n) is 11.7. The van der Waals surface area contributed by atoms with Crippen molar-refractivity contribution in [1.82, 2.24) is 0 Å². The third-order valence-corrected chi connectivity index (χ3v) is 1.74. The zero-order valence-corrected chi connectivity index (χ0v) is 11.7. The summed E-state index contributed by atoms with van der Waals surface area (Å²) in [4.78, 5) is 0. The highest BCUT2D eigenvalue weighted by Gasteiger charge is 1.91. The number of nitrogens with two attached hydrogens (primary N) is 2. The number of nitrogens with zero attached hydrogens (tertiary/aromatic N) is 8. The number of hydrogen-bond donors (Lipinski definition) is 2. The molecular weight excluding hydrogens is 260 g/mol. The molecule has 0 aromatic carbocycles. The van der Waals surface area contributed by atoms with E-state index >= 15 is 0 Å². The molecule has 0 saturated heterocycles. The molecule has 10 heteroatoms. The Balaban J connectivity index is 3.94. The molecule has 0 aliphatic heterocycles. The van der Waals surface area contributed by atoms with Crippen LogP contribution in [0, 0.1) is 0 Å². The maximum Gasteiger partial charge on any atom is 0.172 e. The monoisotopic (exact) mass is 280 g/mol. The molecule has 0 rings (SSSR count). The number of azo groups is 2. The number of hydrogen-bond acceptors (Lipinski definition) is 6. The van der Waals surface area contributed by atoms with Gasteiger partial charge in [-0.1, -0.05) is 6.92 Å². The lowest BCUT2D eigenvalue weighted by Gasteiger charge is -1.92. The van der Waals surface area contributed by atoms with E-state index in [1.54, 1.807) is 6.92 Å². The Morgan fingerprint density at radius 1 is 0.950 bits per heavy atom. The van der Waals surface area contributed by atoms with Crippen molar-refractivity contribution in [3.8, 4) is 0 Å². The van der Waals surface area contributed by atoms with Gasteiger partial charge in [-0.3, -0.25) is 0 Å². The minimum absolute atomic E-state index is 0.438. The van der Waals surface area contributed by atoms with Crippen LogP contribution in [-0.4, -0.2) is 37.4 Å². The highest BCUT2D eigenvalue weighted by atomic mass is 15.3. The topological polar surface area (TPSA) is 151 Å². The van der Waals surface area contributed by atoms with Gasteiger partial charge in [-0.05, 0) is 13.3 Å². The van der Waals surface area contributed by atoms with Crippen LogP contribution in [0.25, 0.3) is 0 Å². The van der Waals surface area contributed by atoms with Gasteiger partial charge in [0.05, 0.1) is 13.1 Å². The summed E-state index contributed by atoms with van der Waals surface area (Å²) in [6, 6.07) is 0. The van der Waals surface area contributed by atoms with Crippen LogP contribution in [0.2, 0.25) is 0 Å². The predicted octanol–water partition coefficient (Wildman–Crippen LogP) is 1.31. The summed E-state index contributed by atoms with van der Waals surface area (Å²) in [6.45, 7) is 4.64. The summed E-state index contributed by atoms with van der Waals surface area (Å²) in [7, 11) is 0. The molecule has 0 fully saturated rings. The summed E-state index contributed by atoms with van der Waals surface area (Å²) in [5.74, 6) is 0.962. The van der Waals surface area contributed by atoms with Crippen LogP contribution in [0.4, 0.5) is 0 Å².